The van der Waals surface area contributed by atoms with Crippen molar-refractivity contribution >= 4 is 18.5 Å². The number of rotatable bonds is 3. The van der Waals surface area contributed by atoms with Crippen molar-refractivity contribution in [3.05, 3.63) is 0 Å². The zero-order valence-corrected chi connectivity index (χ0v) is 9.76. The second-order valence-electron chi connectivity index (χ2n) is 4.67. The monoisotopic (exact) mass is 217 g/mol. The molecular weight excluding hydrogens is 198 g/mol. The van der Waals surface area contributed by atoms with Crippen molar-refractivity contribution in [3.8, 4) is 0 Å². The van der Waals surface area contributed by atoms with E-state index in [0.717, 1.165) is 13.0 Å². The van der Waals surface area contributed by atoms with Crippen LogP contribution in [0.5, 0.6) is 0 Å². The molecule has 0 radical (unpaired) electrons. The number of amides is 1. The molecule has 0 spiro atoms. The Morgan fingerprint density at radius 1 is 1.64 bits per heavy atom. The van der Waals surface area contributed by atoms with Crippen molar-refractivity contribution in [2.24, 2.45) is 5.92 Å². The summed E-state index contributed by atoms with van der Waals surface area (Å²) in [4.78, 5) is 13.6. The number of hydrogen-bond acceptors (Lipinski definition) is 3. The fraction of sp³-hybridized carbons (Fsp3) is 0.900. The number of thiol groups is 1. The number of carbonyl (C=O) groups is 1. The lowest BCUT2D eigenvalue weighted by Crippen LogP contribution is -2.33. The van der Waals surface area contributed by atoms with Gasteiger partial charge in [-0.3, -0.25) is 4.79 Å². The Hall–Kier alpha value is -0.220. The van der Waals surface area contributed by atoms with E-state index in [9.17, 15) is 4.79 Å². The Bertz CT molecular complexity index is 213. The predicted molar refractivity (Wildman–Crippen MR) is 59.5 cm³/mol. The van der Waals surface area contributed by atoms with Crippen LogP contribution in [0.4, 0.5) is 0 Å². The third-order valence-electron chi connectivity index (χ3n) is 2.48. The van der Waals surface area contributed by atoms with Gasteiger partial charge in [-0.2, -0.15) is 12.6 Å². The summed E-state index contributed by atoms with van der Waals surface area (Å²) >= 11 is 4.34. The van der Waals surface area contributed by atoms with Crippen molar-refractivity contribution in [2.45, 2.75) is 31.4 Å². The molecule has 0 aromatic carbocycles. The second-order valence-corrected chi connectivity index (χ2v) is 5.88. The maximum absolute atomic E-state index is 11.7. The molecule has 82 valence electrons. The standard InChI is InChI=1S/C10H19NO2S/c1-10(2,14)5-9(13)11-4-3-8(6-11)7-12/h8,12,14H,3-7H2,1-2H3. The van der Waals surface area contributed by atoms with Crippen LogP contribution in [0.15, 0.2) is 0 Å². The topological polar surface area (TPSA) is 40.5 Å². The smallest absolute Gasteiger partial charge is 0.223 e. The van der Waals surface area contributed by atoms with Gasteiger partial charge in [0.15, 0.2) is 0 Å². The molecule has 1 amide bonds. The third-order valence-corrected chi connectivity index (χ3v) is 2.64. The molecule has 0 bridgehead atoms. The lowest BCUT2D eigenvalue weighted by Gasteiger charge is -2.22. The number of likely N-dealkylation sites (tertiary alicyclic amines) is 1. The van der Waals surface area contributed by atoms with Crippen molar-refractivity contribution in [2.75, 3.05) is 19.7 Å². The summed E-state index contributed by atoms with van der Waals surface area (Å²) < 4.78 is -0.242. The molecule has 1 unspecified atom stereocenters. The Kier molecular flexibility index (Phi) is 3.84. The summed E-state index contributed by atoms with van der Waals surface area (Å²) in [5.41, 5.74) is 0. The van der Waals surface area contributed by atoms with Gasteiger partial charge < -0.3 is 10.0 Å². The lowest BCUT2D eigenvalue weighted by molar-refractivity contribution is -0.130. The van der Waals surface area contributed by atoms with E-state index in [4.69, 9.17) is 5.11 Å². The van der Waals surface area contributed by atoms with E-state index in [1.54, 1.807) is 0 Å². The Balaban J connectivity index is 2.40. The van der Waals surface area contributed by atoms with Gasteiger partial charge in [0.25, 0.3) is 0 Å². The fourth-order valence-corrected chi connectivity index (χ4v) is 1.83. The first-order valence-electron chi connectivity index (χ1n) is 5.03. The molecule has 0 saturated carbocycles. The highest BCUT2D eigenvalue weighted by Gasteiger charge is 2.28. The highest BCUT2D eigenvalue weighted by Crippen LogP contribution is 2.22. The van der Waals surface area contributed by atoms with Crippen LogP contribution in [0, 0.1) is 5.92 Å². The Morgan fingerprint density at radius 3 is 2.71 bits per heavy atom. The molecule has 3 nitrogen and oxygen atoms in total. The Morgan fingerprint density at radius 2 is 2.29 bits per heavy atom. The van der Waals surface area contributed by atoms with Crippen LogP contribution in [0.25, 0.3) is 0 Å². The first kappa shape index (κ1) is 11.9. The molecule has 1 rings (SSSR count). The molecule has 14 heavy (non-hydrogen) atoms. The van der Waals surface area contributed by atoms with E-state index >= 15 is 0 Å². The van der Waals surface area contributed by atoms with Crippen LogP contribution in [0.1, 0.15) is 26.7 Å². The largest absolute Gasteiger partial charge is 0.396 e. The molecule has 1 saturated heterocycles. The number of aliphatic hydroxyl groups is 1. The first-order valence-corrected chi connectivity index (χ1v) is 5.48. The van der Waals surface area contributed by atoms with Gasteiger partial charge in [0.2, 0.25) is 5.91 Å². The highest BCUT2D eigenvalue weighted by molar-refractivity contribution is 7.81. The molecule has 0 aromatic rings. The second kappa shape index (κ2) is 4.53. The number of nitrogens with zero attached hydrogens (tertiary/aromatic N) is 1. The van der Waals surface area contributed by atoms with E-state index in [1.807, 2.05) is 18.7 Å². The minimum atomic E-state index is -0.242. The maximum Gasteiger partial charge on any atom is 0.223 e. The summed E-state index contributed by atoms with van der Waals surface area (Å²) in [5, 5.41) is 8.95. The van der Waals surface area contributed by atoms with Crippen molar-refractivity contribution in [1.82, 2.24) is 4.90 Å². The zero-order chi connectivity index (χ0) is 10.8. The summed E-state index contributed by atoms with van der Waals surface area (Å²) in [6.45, 7) is 5.56. The third kappa shape index (κ3) is 3.50. The molecule has 1 aliphatic heterocycles. The molecule has 1 heterocycles. The molecule has 1 atom stereocenters. The van der Waals surface area contributed by atoms with Gasteiger partial charge in [0, 0.05) is 36.8 Å². The summed E-state index contributed by atoms with van der Waals surface area (Å²) in [6.07, 6.45) is 1.39. The van der Waals surface area contributed by atoms with E-state index < -0.39 is 0 Å². The van der Waals surface area contributed by atoms with E-state index in [2.05, 4.69) is 12.6 Å². The number of aliphatic hydroxyl groups excluding tert-OH is 1. The normalized spacial score (nSPS) is 22.9. The summed E-state index contributed by atoms with van der Waals surface area (Å²) in [5.74, 6) is 0.433. The van der Waals surface area contributed by atoms with Crippen LogP contribution in [-0.2, 0) is 4.79 Å². The number of carbonyl (C=O) groups excluding carboxylic acids is 1. The maximum atomic E-state index is 11.7. The molecular formula is C10H19NO2S. The average molecular weight is 217 g/mol. The van der Waals surface area contributed by atoms with Crippen LogP contribution in [0.3, 0.4) is 0 Å². The van der Waals surface area contributed by atoms with Crippen LogP contribution < -0.4 is 0 Å². The minimum absolute atomic E-state index is 0.154. The van der Waals surface area contributed by atoms with Crippen molar-refractivity contribution in [3.63, 3.8) is 0 Å². The van der Waals surface area contributed by atoms with Crippen LogP contribution in [-0.4, -0.2) is 40.4 Å². The molecule has 4 heteroatoms. The zero-order valence-electron chi connectivity index (χ0n) is 8.86. The van der Waals surface area contributed by atoms with Gasteiger partial charge in [-0.15, -0.1) is 0 Å². The van der Waals surface area contributed by atoms with Gasteiger partial charge in [-0.25, -0.2) is 0 Å². The van der Waals surface area contributed by atoms with E-state index in [0.29, 0.717) is 13.0 Å². The van der Waals surface area contributed by atoms with Gasteiger partial charge in [-0.1, -0.05) is 13.8 Å². The van der Waals surface area contributed by atoms with Crippen molar-refractivity contribution < 1.29 is 9.90 Å². The molecule has 1 N–H and O–H groups in total. The molecule has 1 aliphatic rings. The SMILES string of the molecule is CC(C)(S)CC(=O)N1CCC(CO)C1. The van der Waals surface area contributed by atoms with Gasteiger partial charge in [-0.05, 0) is 6.42 Å². The van der Waals surface area contributed by atoms with E-state index in [-0.39, 0.29) is 23.2 Å². The molecule has 0 aliphatic carbocycles. The highest BCUT2D eigenvalue weighted by atomic mass is 32.1. The van der Waals surface area contributed by atoms with Crippen molar-refractivity contribution in [1.29, 1.82) is 0 Å². The van der Waals surface area contributed by atoms with Gasteiger partial charge in [0.05, 0.1) is 0 Å². The molecule has 0 aromatic heterocycles. The summed E-state index contributed by atoms with van der Waals surface area (Å²) in [7, 11) is 0. The first-order chi connectivity index (χ1) is 6.42. The number of hydrogen-bond donors (Lipinski definition) is 2. The predicted octanol–water partition coefficient (Wildman–Crippen LogP) is 0.926. The van der Waals surface area contributed by atoms with E-state index in [1.165, 1.54) is 0 Å². The molecule has 1 fully saturated rings. The van der Waals surface area contributed by atoms with Gasteiger partial charge in [0.1, 0.15) is 0 Å². The Labute approximate surface area is 90.9 Å². The fourth-order valence-electron chi connectivity index (χ4n) is 1.69. The minimum Gasteiger partial charge on any atom is -0.396 e. The quantitative estimate of drug-likeness (QED) is 0.690. The average Bonchev–Trinajstić information content (AvgIpc) is 2.48. The van der Waals surface area contributed by atoms with Crippen LogP contribution >= 0.6 is 12.6 Å². The van der Waals surface area contributed by atoms with Crippen LogP contribution in [0.2, 0.25) is 0 Å². The summed E-state index contributed by atoms with van der Waals surface area (Å²) in [6, 6.07) is 0. The lowest BCUT2D eigenvalue weighted by atomic mass is 10.1. The van der Waals surface area contributed by atoms with Gasteiger partial charge >= 0.3 is 0 Å².